The van der Waals surface area contributed by atoms with Crippen LogP contribution >= 0.6 is 35.3 Å². The molecule has 0 bridgehead atoms. The third-order valence-corrected chi connectivity index (χ3v) is 4.73. The van der Waals surface area contributed by atoms with Gasteiger partial charge in [0.15, 0.2) is 5.96 Å². The van der Waals surface area contributed by atoms with Crippen LogP contribution in [0.2, 0.25) is 0 Å². The highest BCUT2D eigenvalue weighted by atomic mass is 127. The second-order valence-electron chi connectivity index (χ2n) is 6.06. The number of guanidine groups is 1. The Morgan fingerprint density at radius 2 is 2.22 bits per heavy atom. The topological polar surface area (TPSA) is 58.5 Å². The Labute approximate surface area is 160 Å². The quantitative estimate of drug-likeness (QED) is 0.261. The van der Waals surface area contributed by atoms with E-state index in [9.17, 15) is 0 Å². The molecule has 1 aliphatic rings. The number of nitrogens with one attached hydrogen (secondary N) is 2. The van der Waals surface area contributed by atoms with Gasteiger partial charge in [0.05, 0.1) is 17.2 Å². The first-order valence-corrected chi connectivity index (χ1v) is 9.03. The standard InChI is InChI=1S/C16H28N4OS.HI/c1-12(2)15-20-14(11-22-15)9-19-16(17-3)18-7-4-8-21-10-13-5-6-13;/h11-13H,4-10H2,1-3H3,(H2,17,18,19);1H. The summed E-state index contributed by atoms with van der Waals surface area (Å²) in [5.41, 5.74) is 1.07. The Hall–Kier alpha value is -0.410. The molecule has 0 amide bonds. The Morgan fingerprint density at radius 3 is 2.83 bits per heavy atom. The van der Waals surface area contributed by atoms with E-state index in [0.717, 1.165) is 43.8 Å². The predicted molar refractivity (Wildman–Crippen MR) is 108 cm³/mol. The molecule has 2 rings (SSSR count). The van der Waals surface area contributed by atoms with Crippen LogP contribution in [0, 0.1) is 5.92 Å². The van der Waals surface area contributed by atoms with Crippen molar-refractivity contribution >= 4 is 41.3 Å². The molecule has 23 heavy (non-hydrogen) atoms. The monoisotopic (exact) mass is 452 g/mol. The molecule has 7 heteroatoms. The summed E-state index contributed by atoms with van der Waals surface area (Å²) in [4.78, 5) is 8.84. The molecule has 0 aliphatic heterocycles. The fourth-order valence-electron chi connectivity index (χ4n) is 1.98. The highest BCUT2D eigenvalue weighted by molar-refractivity contribution is 14.0. The van der Waals surface area contributed by atoms with E-state index in [4.69, 9.17) is 4.74 Å². The van der Waals surface area contributed by atoms with Gasteiger partial charge in [-0.3, -0.25) is 4.99 Å². The predicted octanol–water partition coefficient (Wildman–Crippen LogP) is 3.37. The van der Waals surface area contributed by atoms with Crippen LogP contribution in [0.1, 0.15) is 49.7 Å². The van der Waals surface area contributed by atoms with Crippen molar-refractivity contribution in [2.24, 2.45) is 10.9 Å². The van der Waals surface area contributed by atoms with Gasteiger partial charge in [-0.05, 0) is 25.2 Å². The molecule has 1 aromatic rings. The van der Waals surface area contributed by atoms with Crippen molar-refractivity contribution in [2.45, 2.75) is 45.6 Å². The molecule has 1 aromatic heterocycles. The number of aliphatic imine (C=N–C) groups is 1. The Morgan fingerprint density at radius 1 is 1.43 bits per heavy atom. The molecular formula is C16H29IN4OS. The fourth-order valence-corrected chi connectivity index (χ4v) is 2.81. The van der Waals surface area contributed by atoms with Crippen LogP contribution in [-0.2, 0) is 11.3 Å². The lowest BCUT2D eigenvalue weighted by Crippen LogP contribution is -2.37. The molecule has 0 unspecified atom stereocenters. The lowest BCUT2D eigenvalue weighted by atomic mass is 10.2. The third-order valence-electron chi connectivity index (χ3n) is 3.53. The van der Waals surface area contributed by atoms with Crippen molar-refractivity contribution in [2.75, 3.05) is 26.8 Å². The van der Waals surface area contributed by atoms with Gasteiger partial charge >= 0.3 is 0 Å². The largest absolute Gasteiger partial charge is 0.381 e. The molecule has 1 saturated carbocycles. The van der Waals surface area contributed by atoms with Crippen LogP contribution < -0.4 is 10.6 Å². The van der Waals surface area contributed by atoms with E-state index in [0.29, 0.717) is 12.5 Å². The van der Waals surface area contributed by atoms with Gasteiger partial charge in [-0.2, -0.15) is 0 Å². The lowest BCUT2D eigenvalue weighted by molar-refractivity contribution is 0.123. The van der Waals surface area contributed by atoms with E-state index in [1.165, 1.54) is 17.8 Å². The highest BCUT2D eigenvalue weighted by Gasteiger charge is 2.20. The maximum Gasteiger partial charge on any atom is 0.191 e. The summed E-state index contributed by atoms with van der Waals surface area (Å²) < 4.78 is 5.62. The number of nitrogens with zero attached hydrogens (tertiary/aromatic N) is 2. The molecule has 132 valence electrons. The van der Waals surface area contributed by atoms with Crippen molar-refractivity contribution < 1.29 is 4.74 Å². The number of halogens is 1. The number of hydrogen-bond acceptors (Lipinski definition) is 4. The van der Waals surface area contributed by atoms with Crippen LogP contribution in [0.5, 0.6) is 0 Å². The average molecular weight is 452 g/mol. The van der Waals surface area contributed by atoms with Crippen LogP contribution in [-0.4, -0.2) is 37.7 Å². The van der Waals surface area contributed by atoms with Gasteiger partial charge < -0.3 is 15.4 Å². The zero-order valence-corrected chi connectivity index (χ0v) is 17.4. The second kappa shape index (κ2) is 11.2. The summed E-state index contributed by atoms with van der Waals surface area (Å²) in [6.07, 6.45) is 3.70. The third kappa shape index (κ3) is 8.30. The van der Waals surface area contributed by atoms with Crippen molar-refractivity contribution in [3.8, 4) is 0 Å². The first kappa shape index (κ1) is 20.6. The minimum absolute atomic E-state index is 0. The molecular weight excluding hydrogens is 423 g/mol. The van der Waals surface area contributed by atoms with Crippen LogP contribution in [0.25, 0.3) is 0 Å². The zero-order valence-electron chi connectivity index (χ0n) is 14.3. The smallest absolute Gasteiger partial charge is 0.191 e. The second-order valence-corrected chi connectivity index (χ2v) is 6.95. The first-order valence-electron chi connectivity index (χ1n) is 8.15. The maximum atomic E-state index is 5.62. The molecule has 0 radical (unpaired) electrons. The van der Waals surface area contributed by atoms with Gasteiger partial charge in [-0.25, -0.2) is 4.98 Å². The van der Waals surface area contributed by atoms with E-state index >= 15 is 0 Å². The molecule has 2 N–H and O–H groups in total. The molecule has 0 spiro atoms. The molecule has 1 heterocycles. The molecule has 5 nitrogen and oxygen atoms in total. The van der Waals surface area contributed by atoms with Crippen LogP contribution in [0.15, 0.2) is 10.4 Å². The minimum atomic E-state index is 0. The SMILES string of the molecule is CN=C(NCCCOCC1CC1)NCc1csc(C(C)C)n1.I. The fraction of sp³-hybridized carbons (Fsp3) is 0.750. The van der Waals surface area contributed by atoms with Crippen molar-refractivity contribution in [3.63, 3.8) is 0 Å². The first-order chi connectivity index (χ1) is 10.7. The minimum Gasteiger partial charge on any atom is -0.381 e. The highest BCUT2D eigenvalue weighted by Crippen LogP contribution is 2.28. The van der Waals surface area contributed by atoms with Gasteiger partial charge in [-0.1, -0.05) is 13.8 Å². The lowest BCUT2D eigenvalue weighted by Gasteiger charge is -2.11. The molecule has 1 fully saturated rings. The molecule has 0 saturated heterocycles. The van der Waals surface area contributed by atoms with E-state index in [2.05, 4.69) is 39.8 Å². The summed E-state index contributed by atoms with van der Waals surface area (Å²) in [5.74, 6) is 2.16. The average Bonchev–Trinajstić information content (AvgIpc) is 3.20. The van der Waals surface area contributed by atoms with E-state index in [1.54, 1.807) is 18.4 Å². The molecule has 1 aliphatic carbocycles. The zero-order chi connectivity index (χ0) is 15.8. The summed E-state index contributed by atoms with van der Waals surface area (Å²) in [5, 5.41) is 9.91. The number of thiazole rings is 1. The van der Waals surface area contributed by atoms with Gasteiger partial charge in [0.1, 0.15) is 0 Å². The number of ether oxygens (including phenoxy) is 1. The maximum absolute atomic E-state index is 5.62. The number of aromatic nitrogens is 1. The summed E-state index contributed by atoms with van der Waals surface area (Å²) in [6.45, 7) is 7.68. The molecule has 0 aromatic carbocycles. The summed E-state index contributed by atoms with van der Waals surface area (Å²) in [6, 6.07) is 0. The Bertz CT molecular complexity index is 474. The van der Waals surface area contributed by atoms with E-state index in [1.807, 2.05) is 0 Å². The van der Waals surface area contributed by atoms with Gasteiger partial charge in [0, 0.05) is 38.1 Å². The van der Waals surface area contributed by atoms with Gasteiger partial charge in [0.25, 0.3) is 0 Å². The number of rotatable bonds is 9. The summed E-state index contributed by atoms with van der Waals surface area (Å²) in [7, 11) is 1.79. The van der Waals surface area contributed by atoms with Crippen LogP contribution in [0.4, 0.5) is 0 Å². The summed E-state index contributed by atoms with van der Waals surface area (Å²) >= 11 is 1.72. The Kier molecular flexibility index (Phi) is 10.0. The van der Waals surface area contributed by atoms with E-state index in [-0.39, 0.29) is 24.0 Å². The van der Waals surface area contributed by atoms with Crippen molar-refractivity contribution in [3.05, 3.63) is 16.1 Å². The van der Waals surface area contributed by atoms with E-state index < -0.39 is 0 Å². The normalized spacial score (nSPS) is 14.7. The Balaban J connectivity index is 0.00000264. The van der Waals surface area contributed by atoms with Gasteiger partial charge in [-0.15, -0.1) is 35.3 Å². The van der Waals surface area contributed by atoms with Gasteiger partial charge in [0.2, 0.25) is 0 Å². The molecule has 0 atom stereocenters. The van der Waals surface area contributed by atoms with Crippen molar-refractivity contribution in [1.29, 1.82) is 0 Å². The number of hydrogen-bond donors (Lipinski definition) is 2. The van der Waals surface area contributed by atoms with Crippen molar-refractivity contribution in [1.82, 2.24) is 15.6 Å². The van der Waals surface area contributed by atoms with Crippen LogP contribution in [0.3, 0.4) is 0 Å².